The molecule has 0 saturated carbocycles. The van der Waals surface area contributed by atoms with Crippen molar-refractivity contribution in [2.45, 2.75) is 45.6 Å². The lowest BCUT2D eigenvalue weighted by Gasteiger charge is -2.35. The molecule has 1 fully saturated rings. The van der Waals surface area contributed by atoms with Crippen molar-refractivity contribution in [2.24, 2.45) is 5.73 Å². The number of hydrogen-bond donors (Lipinski definition) is 4. The van der Waals surface area contributed by atoms with Crippen molar-refractivity contribution in [3.63, 3.8) is 0 Å². The molecule has 1 aromatic heterocycles. The minimum atomic E-state index is -2.54. The maximum absolute atomic E-state index is 14.9. The average Bonchev–Trinajstić information content (AvgIpc) is 3.26. The number of carbonyl (C=O) groups is 6. The Bertz CT molecular complexity index is 2400. The molecule has 65 heavy (non-hydrogen) atoms. The minimum absolute atomic E-state index is 0.0101. The van der Waals surface area contributed by atoms with Crippen molar-refractivity contribution in [1.82, 2.24) is 25.0 Å². The van der Waals surface area contributed by atoms with Gasteiger partial charge in [0.15, 0.2) is 5.69 Å². The van der Waals surface area contributed by atoms with E-state index in [2.05, 4.69) is 15.6 Å². The van der Waals surface area contributed by atoms with Crippen LogP contribution in [-0.4, -0.2) is 133 Å². The summed E-state index contributed by atoms with van der Waals surface area (Å²) in [6.07, 6.45) is -1.91. The van der Waals surface area contributed by atoms with Gasteiger partial charge in [0.05, 0.1) is 31.0 Å². The molecule has 5 rings (SSSR count). The van der Waals surface area contributed by atoms with Gasteiger partial charge in [-0.15, -0.1) is 0 Å². The van der Waals surface area contributed by atoms with Crippen molar-refractivity contribution < 1.29 is 51.4 Å². The highest BCUT2D eigenvalue weighted by Crippen LogP contribution is 2.27. The number of pyridine rings is 1. The molecule has 5 N–H and O–H groups in total. The summed E-state index contributed by atoms with van der Waals surface area (Å²) in [5, 5.41) is 13.7. The number of nitrogens with one attached hydrogen (secondary N) is 3. The van der Waals surface area contributed by atoms with E-state index in [4.69, 9.17) is 20.6 Å². The van der Waals surface area contributed by atoms with Gasteiger partial charge in [-0.1, -0.05) is 48.5 Å². The van der Waals surface area contributed by atoms with E-state index in [0.29, 0.717) is 34.2 Å². The number of piperazine rings is 1. The Balaban J connectivity index is 1.07. The van der Waals surface area contributed by atoms with E-state index >= 15 is 0 Å². The first-order valence-electron chi connectivity index (χ1n) is 20.7. The van der Waals surface area contributed by atoms with Crippen LogP contribution in [0.25, 0.3) is 11.1 Å². The fourth-order valence-corrected chi connectivity index (χ4v) is 6.85. The number of nitrogens with zero attached hydrogens (tertiary/aromatic N) is 4. The lowest BCUT2D eigenvalue weighted by molar-refractivity contribution is -0.137. The van der Waals surface area contributed by atoms with E-state index in [9.17, 15) is 41.9 Å². The SMILES string of the molecule is CC(C)(C)OC(=O)Nc1cc(-c2cccc(CC(F)F)c2)cnc1C(=O)NCCOCCN(C=O)CC(=O)N1CCN(C(=O)c2cc(CC(=N)c3ccccc3C(N)=O)ccc2F)CC1. The second-order valence-electron chi connectivity index (χ2n) is 16.0. The van der Waals surface area contributed by atoms with Crippen LogP contribution in [0.3, 0.4) is 0 Å². The molecule has 3 aromatic carbocycles. The van der Waals surface area contributed by atoms with Gasteiger partial charge in [0.2, 0.25) is 24.6 Å². The predicted molar refractivity (Wildman–Crippen MR) is 234 cm³/mol. The number of ether oxygens (including phenoxy) is 2. The summed E-state index contributed by atoms with van der Waals surface area (Å²) in [5.41, 5.74) is 6.77. The van der Waals surface area contributed by atoms with Crippen LogP contribution in [0, 0.1) is 11.2 Å². The average molecular weight is 901 g/mol. The van der Waals surface area contributed by atoms with Crippen LogP contribution in [-0.2, 0) is 31.9 Å². The smallest absolute Gasteiger partial charge is 0.412 e. The molecule has 0 radical (unpaired) electrons. The molecule has 1 saturated heterocycles. The first-order chi connectivity index (χ1) is 30.9. The van der Waals surface area contributed by atoms with Gasteiger partial charge >= 0.3 is 6.09 Å². The molecule has 0 aliphatic carbocycles. The number of hydrogen-bond acceptors (Lipinski definition) is 10. The van der Waals surface area contributed by atoms with Crippen molar-refractivity contribution in [1.29, 1.82) is 5.41 Å². The van der Waals surface area contributed by atoms with E-state index in [1.807, 2.05) is 0 Å². The van der Waals surface area contributed by atoms with E-state index in [1.54, 1.807) is 63.2 Å². The van der Waals surface area contributed by atoms with Gasteiger partial charge in [-0.05, 0) is 61.7 Å². The third-order valence-corrected chi connectivity index (χ3v) is 10.0. The highest BCUT2D eigenvalue weighted by molar-refractivity contribution is 6.09. The standard InChI is InChI=1S/C46H51F3N8O8/c1-46(2,3)65-45(63)54-38-25-32(31-8-6-7-29(21-31)24-39(48)49)26-53-41(38)43(61)52-13-19-64-20-18-55(28-58)27-40(59)56-14-16-57(17-15-56)44(62)35-22-30(11-12-36(35)47)23-37(50)33-9-4-5-10-34(33)42(51)60/h4-12,21-22,25-26,28,39,50H,13-20,23-24,27H2,1-3H3,(H2,51,60)(H,52,61)(H,54,63). The second-order valence-corrected chi connectivity index (χ2v) is 16.0. The largest absolute Gasteiger partial charge is 0.444 e. The lowest BCUT2D eigenvalue weighted by Crippen LogP contribution is -2.52. The number of anilines is 1. The maximum Gasteiger partial charge on any atom is 0.412 e. The molecule has 344 valence electrons. The van der Waals surface area contributed by atoms with Crippen LogP contribution in [0.4, 0.5) is 23.7 Å². The van der Waals surface area contributed by atoms with Gasteiger partial charge in [-0.3, -0.25) is 29.3 Å². The number of alkyl halides is 2. The molecule has 19 heteroatoms. The summed E-state index contributed by atoms with van der Waals surface area (Å²) in [6, 6.07) is 18.3. The van der Waals surface area contributed by atoms with Crippen LogP contribution >= 0.6 is 0 Å². The summed E-state index contributed by atoms with van der Waals surface area (Å²) in [6.45, 7) is 5.37. The van der Waals surface area contributed by atoms with Crippen molar-refractivity contribution in [2.75, 3.05) is 64.3 Å². The van der Waals surface area contributed by atoms with Crippen LogP contribution in [0.2, 0.25) is 0 Å². The molecule has 1 aliphatic heterocycles. The van der Waals surface area contributed by atoms with Crippen LogP contribution in [0.15, 0.2) is 79.0 Å². The summed E-state index contributed by atoms with van der Waals surface area (Å²) in [4.78, 5) is 84.5. The fourth-order valence-electron chi connectivity index (χ4n) is 6.85. The number of nitrogens with two attached hydrogens (primary N) is 1. The minimum Gasteiger partial charge on any atom is -0.444 e. The van der Waals surface area contributed by atoms with Crippen LogP contribution in [0.5, 0.6) is 0 Å². The van der Waals surface area contributed by atoms with E-state index in [1.165, 1.54) is 45.2 Å². The topological polar surface area (TPSA) is 217 Å². The van der Waals surface area contributed by atoms with Gasteiger partial charge in [-0.25, -0.2) is 22.9 Å². The Labute approximate surface area is 373 Å². The maximum atomic E-state index is 14.9. The van der Waals surface area contributed by atoms with Gasteiger partial charge in [0.25, 0.3) is 11.8 Å². The van der Waals surface area contributed by atoms with Gasteiger partial charge < -0.3 is 40.6 Å². The Morgan fingerprint density at radius 1 is 0.892 bits per heavy atom. The zero-order valence-corrected chi connectivity index (χ0v) is 36.2. The normalized spacial score (nSPS) is 12.7. The number of primary amides is 1. The Kier molecular flexibility index (Phi) is 16.9. The highest BCUT2D eigenvalue weighted by Gasteiger charge is 2.28. The number of halogens is 3. The molecule has 0 unspecified atom stereocenters. The Morgan fingerprint density at radius 3 is 2.28 bits per heavy atom. The first kappa shape index (κ1) is 48.9. The zero-order chi connectivity index (χ0) is 47.3. The molecule has 0 atom stereocenters. The van der Waals surface area contributed by atoms with Gasteiger partial charge in [0, 0.05) is 80.7 Å². The summed E-state index contributed by atoms with van der Waals surface area (Å²) < 4.78 is 52.0. The number of carbonyl (C=O) groups excluding carboxylic acids is 6. The third kappa shape index (κ3) is 14.2. The summed E-state index contributed by atoms with van der Waals surface area (Å²) >= 11 is 0. The van der Waals surface area contributed by atoms with E-state index < -0.39 is 48.1 Å². The van der Waals surface area contributed by atoms with E-state index in [-0.39, 0.29) is 99.6 Å². The molecular weight excluding hydrogens is 850 g/mol. The van der Waals surface area contributed by atoms with Gasteiger partial charge in [0.1, 0.15) is 11.4 Å². The molecule has 0 bridgehead atoms. The van der Waals surface area contributed by atoms with Crippen LogP contribution in [0.1, 0.15) is 68.7 Å². The zero-order valence-electron chi connectivity index (χ0n) is 36.2. The lowest BCUT2D eigenvalue weighted by atomic mass is 9.96. The molecule has 4 aromatic rings. The predicted octanol–water partition coefficient (Wildman–Crippen LogP) is 4.94. The molecule has 2 heterocycles. The molecule has 16 nitrogen and oxygen atoms in total. The number of aromatic nitrogens is 1. The summed E-state index contributed by atoms with van der Waals surface area (Å²) in [5.74, 6) is -3.03. The van der Waals surface area contributed by atoms with Crippen LogP contribution < -0.4 is 16.4 Å². The van der Waals surface area contributed by atoms with E-state index in [0.717, 1.165) is 6.07 Å². The highest BCUT2D eigenvalue weighted by atomic mass is 19.3. The first-order valence-corrected chi connectivity index (χ1v) is 20.7. The van der Waals surface area contributed by atoms with Crippen molar-refractivity contribution >= 4 is 47.5 Å². The second kappa shape index (κ2) is 22.5. The number of benzene rings is 3. The number of amides is 6. The monoisotopic (exact) mass is 900 g/mol. The molecule has 1 aliphatic rings. The Morgan fingerprint density at radius 2 is 1.60 bits per heavy atom. The molecule has 6 amide bonds. The number of rotatable bonds is 19. The van der Waals surface area contributed by atoms with Crippen molar-refractivity contribution in [3.8, 4) is 11.1 Å². The molecular formula is C46H51F3N8O8. The Hall–Kier alpha value is -7.15. The quantitative estimate of drug-likeness (QED) is 0.0569. The fraction of sp³-hybridized carbons (Fsp3) is 0.348. The van der Waals surface area contributed by atoms with Crippen molar-refractivity contribution in [3.05, 3.63) is 118 Å². The molecule has 0 spiro atoms. The third-order valence-electron chi connectivity index (χ3n) is 10.0. The van der Waals surface area contributed by atoms with Gasteiger partial charge in [-0.2, -0.15) is 0 Å². The summed E-state index contributed by atoms with van der Waals surface area (Å²) in [7, 11) is 0.